The molecule has 0 aliphatic heterocycles. The Morgan fingerprint density at radius 2 is 0.968 bits per heavy atom. The molecule has 0 saturated heterocycles. The fourth-order valence-electron chi connectivity index (χ4n) is 10.2. The number of hydrogen-bond donors (Lipinski definition) is 0. The van der Waals surface area contributed by atoms with Crippen molar-refractivity contribution >= 4 is 109 Å². The molecule has 5 heteroatoms. The van der Waals surface area contributed by atoms with Crippen molar-refractivity contribution in [2.75, 3.05) is 0 Å². The van der Waals surface area contributed by atoms with Gasteiger partial charge in [-0.25, -0.2) is 4.98 Å². The molecule has 0 saturated carbocycles. The smallest absolute Gasteiger partial charge is 0.195 e. The number of para-hydroxylation sites is 4. The van der Waals surface area contributed by atoms with E-state index in [0.717, 1.165) is 65.1 Å². The molecule has 4 heterocycles. The van der Waals surface area contributed by atoms with Crippen LogP contribution < -0.4 is 0 Å². The van der Waals surface area contributed by atoms with Crippen LogP contribution in [0.15, 0.2) is 205 Å². The summed E-state index contributed by atoms with van der Waals surface area (Å²) in [5, 5.41) is 12.9. The molecule has 14 rings (SSSR count). The van der Waals surface area contributed by atoms with Crippen LogP contribution in [-0.4, -0.2) is 14.1 Å². The van der Waals surface area contributed by atoms with Gasteiger partial charge in [-0.3, -0.25) is 4.57 Å². The highest BCUT2D eigenvalue weighted by molar-refractivity contribution is 7.21. The van der Waals surface area contributed by atoms with Gasteiger partial charge < -0.3 is 8.98 Å². The van der Waals surface area contributed by atoms with Crippen LogP contribution in [0.2, 0.25) is 0 Å². The maximum atomic E-state index is 6.83. The van der Waals surface area contributed by atoms with Crippen molar-refractivity contribution in [3.63, 3.8) is 0 Å². The summed E-state index contributed by atoms with van der Waals surface area (Å²) >= 11 is 1.74. The number of furan rings is 1. The second kappa shape index (κ2) is 12.8. The lowest BCUT2D eigenvalue weighted by Gasteiger charge is -2.11. The van der Waals surface area contributed by atoms with Crippen molar-refractivity contribution in [1.29, 1.82) is 0 Å². The molecular weight excluding hydrogens is 775 g/mol. The molecule has 4 nitrogen and oxygen atoms in total. The lowest BCUT2D eigenvalue weighted by Crippen LogP contribution is -1.93. The highest BCUT2D eigenvalue weighted by Crippen LogP contribution is 2.47. The molecule has 0 N–H and O–H groups in total. The van der Waals surface area contributed by atoms with E-state index in [1.165, 1.54) is 65.3 Å². The van der Waals surface area contributed by atoms with Crippen molar-refractivity contribution in [3.05, 3.63) is 200 Å². The zero-order valence-corrected chi connectivity index (χ0v) is 34.0. The molecule has 0 aliphatic rings. The van der Waals surface area contributed by atoms with E-state index in [-0.39, 0.29) is 0 Å². The maximum Gasteiger partial charge on any atom is 0.195 e. The highest BCUT2D eigenvalue weighted by Gasteiger charge is 2.23. The topological polar surface area (TPSA) is 35.9 Å². The van der Waals surface area contributed by atoms with E-state index in [2.05, 4.69) is 203 Å². The van der Waals surface area contributed by atoms with Gasteiger partial charge in [0.25, 0.3) is 0 Å². The average Bonchev–Trinajstić information content (AvgIpc) is 4.10. The van der Waals surface area contributed by atoms with Gasteiger partial charge in [0.1, 0.15) is 11.2 Å². The molecular formula is C57H33N3OS. The Kier molecular flexibility index (Phi) is 6.96. The summed E-state index contributed by atoms with van der Waals surface area (Å²) < 4.78 is 12.7. The summed E-state index contributed by atoms with van der Waals surface area (Å²) in [7, 11) is 0. The zero-order chi connectivity index (χ0) is 40.5. The molecule has 0 fully saturated rings. The summed E-state index contributed by atoms with van der Waals surface area (Å²) in [6.07, 6.45) is 0. The second-order valence-corrected chi connectivity index (χ2v) is 17.3. The van der Waals surface area contributed by atoms with Gasteiger partial charge in [0.05, 0.1) is 37.7 Å². The van der Waals surface area contributed by atoms with Crippen molar-refractivity contribution in [2.45, 2.75) is 0 Å². The van der Waals surface area contributed by atoms with Crippen LogP contribution in [0.5, 0.6) is 0 Å². The first-order chi connectivity index (χ1) is 30.7. The first-order valence-corrected chi connectivity index (χ1v) is 21.9. The molecule has 0 spiro atoms. The average molecular weight is 808 g/mol. The minimum atomic E-state index is 0.864. The summed E-state index contributed by atoms with van der Waals surface area (Å²) in [5.41, 5.74) is 13.1. The van der Waals surface area contributed by atoms with Gasteiger partial charge in [0.15, 0.2) is 5.13 Å². The summed E-state index contributed by atoms with van der Waals surface area (Å²) in [5.74, 6) is 0. The molecule has 0 bridgehead atoms. The Morgan fingerprint density at radius 1 is 0.403 bits per heavy atom. The number of rotatable bonds is 4. The Balaban J connectivity index is 0.982. The van der Waals surface area contributed by atoms with Gasteiger partial charge in [-0.1, -0.05) is 145 Å². The minimum absolute atomic E-state index is 0.864. The molecule has 0 amide bonds. The molecule has 0 unspecified atom stereocenters. The standard InChI is InChI=1S/C57H33N3OS/c1-2-15-37(16-3-1)59-48-23-11-8-20-41(48)45-30-34(26-28-50(45)59)35-27-29-51-46(31-35)42-21-9-12-24-49(42)60(51)57-58-55-53(62-57)33-47(56-54(55)43-22-10-13-25-52(43)61-56)44-32-36-14-4-5-17-38(36)39-18-6-7-19-40(39)44/h1-33H. The summed E-state index contributed by atoms with van der Waals surface area (Å²) in [6, 6.07) is 72.4. The number of hydrogen-bond acceptors (Lipinski definition) is 3. The van der Waals surface area contributed by atoms with Crippen LogP contribution in [0.4, 0.5) is 0 Å². The molecule has 14 aromatic rings. The van der Waals surface area contributed by atoms with Gasteiger partial charge in [-0.05, 0) is 105 Å². The summed E-state index contributed by atoms with van der Waals surface area (Å²) in [6.45, 7) is 0. The largest absolute Gasteiger partial charge is 0.455 e. The first-order valence-electron chi connectivity index (χ1n) is 21.0. The maximum absolute atomic E-state index is 6.83. The quantitative estimate of drug-likeness (QED) is 0.166. The van der Waals surface area contributed by atoms with E-state index >= 15 is 0 Å². The number of fused-ring (bicyclic) bond motifs is 14. The van der Waals surface area contributed by atoms with Gasteiger partial charge in [-0.2, -0.15) is 0 Å². The summed E-state index contributed by atoms with van der Waals surface area (Å²) in [4.78, 5) is 5.54. The lowest BCUT2D eigenvalue weighted by atomic mass is 9.92. The molecule has 62 heavy (non-hydrogen) atoms. The Labute approximate surface area is 358 Å². The van der Waals surface area contributed by atoms with E-state index in [0.29, 0.717) is 0 Å². The molecule has 0 radical (unpaired) electrons. The third-order valence-electron chi connectivity index (χ3n) is 12.9. The third kappa shape index (κ3) is 4.74. The van der Waals surface area contributed by atoms with Crippen LogP contribution in [-0.2, 0) is 0 Å². The highest BCUT2D eigenvalue weighted by atomic mass is 32.1. The number of benzene rings is 10. The van der Waals surface area contributed by atoms with Crippen molar-refractivity contribution in [1.82, 2.24) is 14.1 Å². The molecule has 10 aromatic carbocycles. The van der Waals surface area contributed by atoms with Gasteiger partial charge in [0, 0.05) is 38.2 Å². The second-order valence-electron chi connectivity index (χ2n) is 16.3. The van der Waals surface area contributed by atoms with Crippen LogP contribution in [0, 0.1) is 0 Å². The predicted octanol–water partition coefficient (Wildman–Crippen LogP) is 16.0. The van der Waals surface area contributed by atoms with Crippen molar-refractivity contribution in [3.8, 4) is 33.1 Å². The van der Waals surface area contributed by atoms with E-state index in [1.54, 1.807) is 11.3 Å². The first kappa shape index (κ1) is 33.8. The van der Waals surface area contributed by atoms with E-state index < -0.39 is 0 Å². The lowest BCUT2D eigenvalue weighted by molar-refractivity contribution is 0.670. The van der Waals surface area contributed by atoms with Gasteiger partial charge in [-0.15, -0.1) is 0 Å². The molecule has 4 aromatic heterocycles. The van der Waals surface area contributed by atoms with Gasteiger partial charge in [0.2, 0.25) is 0 Å². The van der Waals surface area contributed by atoms with Crippen LogP contribution in [0.25, 0.3) is 130 Å². The Bertz CT molecular complexity index is 4170. The van der Waals surface area contributed by atoms with Crippen molar-refractivity contribution < 1.29 is 4.42 Å². The third-order valence-corrected chi connectivity index (χ3v) is 13.9. The van der Waals surface area contributed by atoms with Gasteiger partial charge >= 0.3 is 0 Å². The Morgan fingerprint density at radius 3 is 1.71 bits per heavy atom. The van der Waals surface area contributed by atoms with E-state index in [4.69, 9.17) is 9.40 Å². The monoisotopic (exact) mass is 807 g/mol. The van der Waals surface area contributed by atoms with Crippen LogP contribution in [0.1, 0.15) is 0 Å². The van der Waals surface area contributed by atoms with E-state index in [1.807, 2.05) is 6.07 Å². The molecule has 288 valence electrons. The molecule has 0 atom stereocenters. The predicted molar refractivity (Wildman–Crippen MR) is 261 cm³/mol. The van der Waals surface area contributed by atoms with E-state index in [9.17, 15) is 0 Å². The molecule has 0 aliphatic carbocycles. The van der Waals surface area contributed by atoms with Crippen LogP contribution >= 0.6 is 11.3 Å². The SMILES string of the molecule is c1ccc(-n2c3ccccc3c3cc(-c4ccc5c(c4)c4ccccc4n5-c4nc5c(cc(-c6cc7ccccc7c7ccccc67)c6oc7ccccc7c65)s4)ccc32)cc1. The fourth-order valence-corrected chi connectivity index (χ4v) is 11.2. The normalized spacial score (nSPS) is 12.2. The Hall–Kier alpha value is -7.99. The fraction of sp³-hybridized carbons (Fsp3) is 0. The number of nitrogens with zero attached hydrogens (tertiary/aromatic N) is 3. The number of aromatic nitrogens is 3. The number of thiazole rings is 1. The zero-order valence-electron chi connectivity index (χ0n) is 33.2. The van der Waals surface area contributed by atoms with Crippen molar-refractivity contribution in [2.24, 2.45) is 0 Å². The van der Waals surface area contributed by atoms with Crippen LogP contribution in [0.3, 0.4) is 0 Å². The minimum Gasteiger partial charge on any atom is -0.455 e.